The van der Waals surface area contributed by atoms with Crippen molar-refractivity contribution in [1.82, 2.24) is 5.32 Å². The third kappa shape index (κ3) is 3.33. The van der Waals surface area contributed by atoms with E-state index in [-0.39, 0.29) is 19.1 Å². The second-order valence-corrected chi connectivity index (χ2v) is 5.98. The minimum absolute atomic E-state index is 0.276. The van der Waals surface area contributed by atoms with Crippen molar-refractivity contribution in [3.63, 3.8) is 0 Å². The zero-order valence-corrected chi connectivity index (χ0v) is 12.2. The Hall–Kier alpha value is -2.08. The third-order valence-corrected chi connectivity index (χ3v) is 4.54. The first-order chi connectivity index (χ1) is 10.2. The van der Waals surface area contributed by atoms with Gasteiger partial charge in [0.1, 0.15) is 10.6 Å². The van der Waals surface area contributed by atoms with Crippen molar-refractivity contribution in [3.8, 4) is 0 Å². The van der Waals surface area contributed by atoms with Crippen LogP contribution in [0.1, 0.15) is 32.3 Å². The van der Waals surface area contributed by atoms with E-state index < -0.39 is 5.97 Å². The molecule has 0 radical (unpaired) electrons. The Morgan fingerprint density at radius 3 is 3.05 bits per heavy atom. The molecule has 0 saturated carbocycles. The summed E-state index contributed by atoms with van der Waals surface area (Å²) in [5.41, 5.74) is 1.24. The van der Waals surface area contributed by atoms with E-state index in [1.807, 2.05) is 6.07 Å². The fourth-order valence-corrected chi connectivity index (χ4v) is 3.43. The van der Waals surface area contributed by atoms with Crippen LogP contribution >= 0.6 is 11.3 Å². The molecule has 2 aromatic rings. The highest BCUT2D eigenvalue weighted by Gasteiger charge is 2.19. The summed E-state index contributed by atoms with van der Waals surface area (Å²) in [4.78, 5) is 25.3. The van der Waals surface area contributed by atoms with Gasteiger partial charge in [0.25, 0.3) is 5.91 Å². The van der Waals surface area contributed by atoms with E-state index in [4.69, 9.17) is 9.15 Å². The molecule has 0 unspecified atom stereocenters. The smallest absolute Gasteiger partial charge is 0.348 e. The highest BCUT2D eigenvalue weighted by molar-refractivity contribution is 7.14. The molecule has 6 heteroatoms. The molecule has 0 aromatic carbocycles. The number of nitrogens with one attached hydrogen (secondary N) is 1. The van der Waals surface area contributed by atoms with Crippen LogP contribution in [0.3, 0.4) is 0 Å². The predicted octanol–water partition coefficient (Wildman–Crippen LogP) is 2.30. The number of carbonyl (C=O) groups excluding carboxylic acids is 2. The average Bonchev–Trinajstić information content (AvgIpc) is 3.17. The molecular formula is C15H15NO4S. The molecule has 1 N–H and O–H groups in total. The molecule has 21 heavy (non-hydrogen) atoms. The monoisotopic (exact) mass is 305 g/mol. The number of esters is 1. The normalized spacial score (nSPS) is 13.0. The van der Waals surface area contributed by atoms with E-state index in [0.29, 0.717) is 10.6 Å². The molecule has 3 rings (SSSR count). The zero-order chi connectivity index (χ0) is 14.7. The maximum absolute atomic E-state index is 11.9. The second-order valence-electron chi connectivity index (χ2n) is 4.84. The standard InChI is InChI=1S/C15H15NO4S/c17-14(16-8-11-4-2-6-19-11)9-20-15(18)13-7-10-3-1-5-12(10)21-13/h2,4,6-7H,1,3,5,8-9H2,(H,16,17). The molecule has 1 amide bonds. The Bertz CT molecular complexity index is 623. The first kappa shape index (κ1) is 13.9. The fourth-order valence-electron chi connectivity index (χ4n) is 2.28. The number of hydrogen-bond donors (Lipinski definition) is 1. The van der Waals surface area contributed by atoms with Gasteiger partial charge in [0, 0.05) is 4.88 Å². The van der Waals surface area contributed by atoms with Gasteiger partial charge >= 0.3 is 5.97 Å². The van der Waals surface area contributed by atoms with Gasteiger partial charge in [-0.25, -0.2) is 4.79 Å². The van der Waals surface area contributed by atoms with Crippen molar-refractivity contribution in [2.45, 2.75) is 25.8 Å². The van der Waals surface area contributed by atoms with Gasteiger partial charge in [0.15, 0.2) is 6.61 Å². The van der Waals surface area contributed by atoms with Gasteiger partial charge < -0.3 is 14.5 Å². The summed E-state index contributed by atoms with van der Waals surface area (Å²) in [7, 11) is 0. The predicted molar refractivity (Wildman–Crippen MR) is 77.2 cm³/mol. The molecule has 0 spiro atoms. The van der Waals surface area contributed by atoms with Crippen LogP contribution in [0.25, 0.3) is 0 Å². The summed E-state index contributed by atoms with van der Waals surface area (Å²) in [5, 5.41) is 2.62. The third-order valence-electron chi connectivity index (χ3n) is 3.32. The van der Waals surface area contributed by atoms with Crippen molar-refractivity contribution in [1.29, 1.82) is 0 Å². The molecular weight excluding hydrogens is 290 g/mol. The van der Waals surface area contributed by atoms with Gasteiger partial charge in [-0.05, 0) is 43.0 Å². The summed E-state index contributed by atoms with van der Waals surface area (Å²) in [6.45, 7) is 0.0127. The summed E-state index contributed by atoms with van der Waals surface area (Å²) in [6, 6.07) is 5.40. The molecule has 1 aliphatic rings. The van der Waals surface area contributed by atoms with Crippen LogP contribution in [-0.4, -0.2) is 18.5 Å². The number of fused-ring (bicyclic) bond motifs is 1. The van der Waals surface area contributed by atoms with Crippen LogP contribution in [0.15, 0.2) is 28.9 Å². The zero-order valence-electron chi connectivity index (χ0n) is 11.4. The topological polar surface area (TPSA) is 68.5 Å². The molecule has 0 saturated heterocycles. The second kappa shape index (κ2) is 6.13. The number of ether oxygens (including phenoxy) is 1. The molecule has 5 nitrogen and oxygen atoms in total. The average molecular weight is 305 g/mol. The molecule has 110 valence electrons. The molecule has 0 fully saturated rings. The number of amides is 1. The largest absolute Gasteiger partial charge is 0.467 e. The maximum Gasteiger partial charge on any atom is 0.348 e. The lowest BCUT2D eigenvalue weighted by atomic mass is 10.2. The van der Waals surface area contributed by atoms with E-state index in [1.165, 1.54) is 28.0 Å². The van der Waals surface area contributed by atoms with Crippen molar-refractivity contribution in [2.24, 2.45) is 0 Å². The highest BCUT2D eigenvalue weighted by atomic mass is 32.1. The summed E-state index contributed by atoms with van der Waals surface area (Å²) in [5.74, 6) is -0.115. The van der Waals surface area contributed by atoms with Crippen LogP contribution < -0.4 is 5.32 Å². The van der Waals surface area contributed by atoms with Crippen molar-refractivity contribution in [3.05, 3.63) is 45.5 Å². The van der Waals surface area contributed by atoms with Gasteiger partial charge in [0.05, 0.1) is 12.8 Å². The SMILES string of the molecule is O=C(COC(=O)c1cc2c(s1)CCC2)NCc1ccco1. The number of thiophene rings is 1. The maximum atomic E-state index is 11.9. The number of rotatable bonds is 5. The van der Waals surface area contributed by atoms with Crippen LogP contribution in [-0.2, 0) is 28.9 Å². The molecule has 2 heterocycles. The van der Waals surface area contributed by atoms with E-state index in [1.54, 1.807) is 12.1 Å². The van der Waals surface area contributed by atoms with E-state index >= 15 is 0 Å². The van der Waals surface area contributed by atoms with Crippen LogP contribution in [0, 0.1) is 0 Å². The quantitative estimate of drug-likeness (QED) is 0.861. The molecule has 1 aliphatic carbocycles. The summed E-state index contributed by atoms with van der Waals surface area (Å²) >= 11 is 1.47. The first-order valence-electron chi connectivity index (χ1n) is 6.80. The molecule has 0 bridgehead atoms. The van der Waals surface area contributed by atoms with E-state index in [9.17, 15) is 9.59 Å². The van der Waals surface area contributed by atoms with Crippen molar-refractivity contribution >= 4 is 23.2 Å². The Morgan fingerprint density at radius 2 is 2.29 bits per heavy atom. The molecule has 2 aromatic heterocycles. The Kier molecular flexibility index (Phi) is 4.06. The number of furan rings is 1. The van der Waals surface area contributed by atoms with Crippen LogP contribution in [0.5, 0.6) is 0 Å². The summed E-state index contributed by atoms with van der Waals surface area (Å²) < 4.78 is 10.1. The van der Waals surface area contributed by atoms with E-state index in [2.05, 4.69) is 5.32 Å². The molecule has 0 atom stereocenters. The Balaban J connectivity index is 1.45. The van der Waals surface area contributed by atoms with Crippen molar-refractivity contribution < 1.29 is 18.7 Å². The Morgan fingerprint density at radius 1 is 1.38 bits per heavy atom. The number of carbonyl (C=O) groups is 2. The van der Waals surface area contributed by atoms with Crippen molar-refractivity contribution in [2.75, 3.05) is 6.61 Å². The lowest BCUT2D eigenvalue weighted by Crippen LogP contribution is -2.28. The first-order valence-corrected chi connectivity index (χ1v) is 7.62. The van der Waals surface area contributed by atoms with Gasteiger partial charge in [-0.15, -0.1) is 11.3 Å². The van der Waals surface area contributed by atoms with E-state index in [0.717, 1.165) is 19.3 Å². The van der Waals surface area contributed by atoms with Crippen LogP contribution in [0.4, 0.5) is 0 Å². The number of aryl methyl sites for hydroxylation is 2. The Labute approximate surface area is 125 Å². The van der Waals surface area contributed by atoms with Gasteiger partial charge in [-0.3, -0.25) is 4.79 Å². The molecule has 0 aliphatic heterocycles. The van der Waals surface area contributed by atoms with Gasteiger partial charge in [-0.2, -0.15) is 0 Å². The summed E-state index contributed by atoms with van der Waals surface area (Å²) in [6.07, 6.45) is 4.77. The fraction of sp³-hybridized carbons (Fsp3) is 0.333. The minimum Gasteiger partial charge on any atom is -0.467 e. The van der Waals surface area contributed by atoms with Gasteiger partial charge in [0.2, 0.25) is 0 Å². The van der Waals surface area contributed by atoms with Crippen LogP contribution in [0.2, 0.25) is 0 Å². The lowest BCUT2D eigenvalue weighted by molar-refractivity contribution is -0.124. The minimum atomic E-state index is -0.428. The van der Waals surface area contributed by atoms with Gasteiger partial charge in [-0.1, -0.05) is 0 Å². The lowest BCUT2D eigenvalue weighted by Gasteiger charge is -2.04. The highest BCUT2D eigenvalue weighted by Crippen LogP contribution is 2.30. The number of hydrogen-bond acceptors (Lipinski definition) is 5.